The molecule has 2 aromatic carbocycles. The van der Waals surface area contributed by atoms with Crippen molar-refractivity contribution in [2.75, 3.05) is 7.11 Å². The van der Waals surface area contributed by atoms with Gasteiger partial charge in [0, 0.05) is 22.7 Å². The minimum absolute atomic E-state index is 0.292. The van der Waals surface area contributed by atoms with Crippen LogP contribution in [-0.4, -0.2) is 7.11 Å². The van der Waals surface area contributed by atoms with Crippen molar-refractivity contribution in [2.24, 2.45) is 5.73 Å². The van der Waals surface area contributed by atoms with E-state index in [-0.39, 0.29) is 0 Å². The van der Waals surface area contributed by atoms with E-state index in [4.69, 9.17) is 22.1 Å². The molecular weight excluding hydrogens is 303 g/mol. The number of halogens is 4. The second-order valence-corrected chi connectivity index (χ2v) is 4.84. The summed E-state index contributed by atoms with van der Waals surface area (Å²) in [5, 5.41) is 0.329. The highest BCUT2D eigenvalue weighted by Crippen LogP contribution is 2.39. The molecule has 2 rings (SSSR count). The van der Waals surface area contributed by atoms with Gasteiger partial charge in [0.2, 0.25) is 0 Å². The summed E-state index contributed by atoms with van der Waals surface area (Å²) in [4.78, 5) is 0. The monoisotopic (exact) mass is 315 g/mol. The van der Waals surface area contributed by atoms with Gasteiger partial charge in [-0.3, -0.25) is 0 Å². The number of ether oxygens (including phenoxy) is 1. The molecule has 0 radical (unpaired) electrons. The molecule has 0 aliphatic rings. The van der Waals surface area contributed by atoms with Gasteiger partial charge >= 0.3 is 6.18 Å². The third-order valence-electron chi connectivity index (χ3n) is 3.09. The van der Waals surface area contributed by atoms with Crippen LogP contribution in [0.3, 0.4) is 0 Å². The highest BCUT2D eigenvalue weighted by molar-refractivity contribution is 6.33. The molecule has 21 heavy (non-hydrogen) atoms. The summed E-state index contributed by atoms with van der Waals surface area (Å²) in [6.45, 7) is 0.305. The third-order valence-corrected chi connectivity index (χ3v) is 3.40. The molecule has 0 bridgehead atoms. The van der Waals surface area contributed by atoms with Gasteiger partial charge < -0.3 is 10.5 Å². The molecule has 0 aromatic heterocycles. The number of rotatable bonds is 3. The molecule has 0 heterocycles. The number of nitrogens with two attached hydrogens (primary N) is 1. The van der Waals surface area contributed by atoms with Gasteiger partial charge in [0.1, 0.15) is 5.75 Å². The zero-order valence-corrected chi connectivity index (χ0v) is 11.9. The molecule has 6 heteroatoms. The molecule has 2 nitrogen and oxygen atoms in total. The van der Waals surface area contributed by atoms with Crippen molar-refractivity contribution in [2.45, 2.75) is 12.7 Å². The second-order valence-electron chi connectivity index (χ2n) is 4.43. The van der Waals surface area contributed by atoms with Crippen LogP contribution in [0, 0.1) is 0 Å². The maximum atomic E-state index is 12.8. The lowest BCUT2D eigenvalue weighted by Crippen LogP contribution is -2.05. The molecule has 0 spiro atoms. The second kappa shape index (κ2) is 5.95. The SMILES string of the molecule is COc1ccc(C(F)(F)F)cc1-c1ccc(CN)cc1Cl. The normalized spacial score (nSPS) is 11.5. The van der Waals surface area contributed by atoms with Gasteiger partial charge in [0.15, 0.2) is 0 Å². The van der Waals surface area contributed by atoms with E-state index >= 15 is 0 Å². The summed E-state index contributed by atoms with van der Waals surface area (Å²) >= 11 is 6.15. The number of hydrogen-bond donors (Lipinski definition) is 1. The van der Waals surface area contributed by atoms with Crippen LogP contribution in [0.1, 0.15) is 11.1 Å². The molecule has 0 aliphatic carbocycles. The number of methoxy groups -OCH3 is 1. The Hall–Kier alpha value is -1.72. The van der Waals surface area contributed by atoms with E-state index in [1.807, 2.05) is 0 Å². The van der Waals surface area contributed by atoms with Crippen LogP contribution in [0.25, 0.3) is 11.1 Å². The number of benzene rings is 2. The smallest absolute Gasteiger partial charge is 0.416 e. The molecule has 0 unspecified atom stereocenters. The molecule has 0 fully saturated rings. The van der Waals surface area contributed by atoms with Crippen molar-refractivity contribution in [3.8, 4) is 16.9 Å². The first-order valence-corrected chi connectivity index (χ1v) is 6.48. The first kappa shape index (κ1) is 15.7. The predicted octanol–water partition coefficient (Wildman–Crippen LogP) is 4.49. The lowest BCUT2D eigenvalue weighted by Gasteiger charge is -2.14. The summed E-state index contributed by atoms with van der Waals surface area (Å²) in [5.41, 5.74) is 6.32. The first-order valence-electron chi connectivity index (χ1n) is 6.11. The summed E-state index contributed by atoms with van der Waals surface area (Å²) in [7, 11) is 1.40. The van der Waals surface area contributed by atoms with Gasteiger partial charge in [-0.15, -0.1) is 0 Å². The van der Waals surface area contributed by atoms with Crippen LogP contribution in [0.4, 0.5) is 13.2 Å². The lowest BCUT2D eigenvalue weighted by atomic mass is 10.00. The van der Waals surface area contributed by atoms with Gasteiger partial charge in [0.25, 0.3) is 0 Å². The fourth-order valence-corrected chi connectivity index (χ4v) is 2.30. The van der Waals surface area contributed by atoms with E-state index in [9.17, 15) is 13.2 Å². The Morgan fingerprint density at radius 1 is 1.10 bits per heavy atom. The van der Waals surface area contributed by atoms with Gasteiger partial charge in [-0.2, -0.15) is 13.2 Å². The van der Waals surface area contributed by atoms with Crippen molar-refractivity contribution in [1.29, 1.82) is 0 Å². The quantitative estimate of drug-likeness (QED) is 0.905. The summed E-state index contributed by atoms with van der Waals surface area (Å²) in [6.07, 6.45) is -4.43. The van der Waals surface area contributed by atoms with Gasteiger partial charge in [-0.05, 0) is 29.8 Å². The fraction of sp³-hybridized carbons (Fsp3) is 0.200. The van der Waals surface area contributed by atoms with Crippen molar-refractivity contribution in [3.05, 3.63) is 52.5 Å². The predicted molar refractivity (Wildman–Crippen MR) is 76.3 cm³/mol. The van der Waals surface area contributed by atoms with Crippen LogP contribution >= 0.6 is 11.6 Å². The molecule has 112 valence electrons. The molecule has 0 amide bonds. The minimum atomic E-state index is -4.43. The third kappa shape index (κ3) is 3.31. The Morgan fingerprint density at radius 3 is 2.33 bits per heavy atom. The Balaban J connectivity index is 2.61. The topological polar surface area (TPSA) is 35.2 Å². The van der Waals surface area contributed by atoms with Crippen molar-refractivity contribution in [3.63, 3.8) is 0 Å². The van der Waals surface area contributed by atoms with Crippen molar-refractivity contribution in [1.82, 2.24) is 0 Å². The molecule has 0 saturated carbocycles. The molecular formula is C15H13ClF3NO. The molecule has 2 N–H and O–H groups in total. The highest BCUT2D eigenvalue weighted by Gasteiger charge is 2.31. The van der Waals surface area contributed by atoms with Crippen LogP contribution in [0.15, 0.2) is 36.4 Å². The molecule has 2 aromatic rings. The first-order chi connectivity index (χ1) is 9.86. The van der Waals surface area contributed by atoms with Crippen LogP contribution in [-0.2, 0) is 12.7 Å². The maximum Gasteiger partial charge on any atom is 0.416 e. The van der Waals surface area contributed by atoms with E-state index in [0.29, 0.717) is 28.4 Å². The maximum absolute atomic E-state index is 12.8. The van der Waals surface area contributed by atoms with Gasteiger partial charge in [-0.25, -0.2) is 0 Å². The van der Waals surface area contributed by atoms with Crippen LogP contribution in [0.2, 0.25) is 5.02 Å². The standard InChI is InChI=1S/C15H13ClF3NO/c1-21-14-5-3-10(15(17,18)19)7-12(14)11-4-2-9(8-20)6-13(11)16/h2-7H,8,20H2,1H3. The Morgan fingerprint density at radius 2 is 1.81 bits per heavy atom. The molecule has 0 atom stereocenters. The lowest BCUT2D eigenvalue weighted by molar-refractivity contribution is -0.137. The number of alkyl halides is 3. The number of hydrogen-bond acceptors (Lipinski definition) is 2. The summed E-state index contributed by atoms with van der Waals surface area (Å²) in [5.74, 6) is 0.324. The van der Waals surface area contributed by atoms with Gasteiger partial charge in [0.05, 0.1) is 12.7 Å². The van der Waals surface area contributed by atoms with Crippen LogP contribution < -0.4 is 10.5 Å². The largest absolute Gasteiger partial charge is 0.496 e. The van der Waals surface area contributed by atoms with Crippen molar-refractivity contribution < 1.29 is 17.9 Å². The minimum Gasteiger partial charge on any atom is -0.496 e. The van der Waals surface area contributed by atoms with E-state index < -0.39 is 11.7 Å². The summed E-state index contributed by atoms with van der Waals surface area (Å²) < 4.78 is 43.7. The summed E-state index contributed by atoms with van der Waals surface area (Å²) in [6, 6.07) is 8.29. The zero-order valence-electron chi connectivity index (χ0n) is 11.2. The average molecular weight is 316 g/mol. The van der Waals surface area contributed by atoms with E-state index in [2.05, 4.69) is 0 Å². The fourth-order valence-electron chi connectivity index (χ4n) is 2.00. The van der Waals surface area contributed by atoms with Gasteiger partial charge in [-0.1, -0.05) is 23.7 Å². The van der Waals surface area contributed by atoms with E-state index in [0.717, 1.165) is 17.7 Å². The zero-order chi connectivity index (χ0) is 15.6. The van der Waals surface area contributed by atoms with Crippen LogP contribution in [0.5, 0.6) is 5.75 Å². The molecule has 0 aliphatic heterocycles. The average Bonchev–Trinajstić information content (AvgIpc) is 2.45. The van der Waals surface area contributed by atoms with Crippen molar-refractivity contribution >= 4 is 11.6 Å². The highest BCUT2D eigenvalue weighted by atomic mass is 35.5. The Kier molecular flexibility index (Phi) is 4.44. The van der Waals surface area contributed by atoms with E-state index in [1.165, 1.54) is 13.2 Å². The Labute approximate surface area is 125 Å². The Bertz CT molecular complexity index is 656. The molecule has 0 saturated heterocycles. The van der Waals surface area contributed by atoms with E-state index in [1.54, 1.807) is 18.2 Å².